The van der Waals surface area contributed by atoms with E-state index in [2.05, 4.69) is 4.84 Å². The van der Waals surface area contributed by atoms with Crippen LogP contribution in [0.3, 0.4) is 0 Å². The van der Waals surface area contributed by atoms with Crippen LogP contribution in [0.2, 0.25) is 0 Å². The highest BCUT2D eigenvalue weighted by Gasteiger charge is 2.17. The molecule has 0 unspecified atom stereocenters. The number of hydrogen-bond donors (Lipinski definition) is 0. The van der Waals surface area contributed by atoms with Crippen LogP contribution < -0.4 is 4.74 Å². The minimum Gasteiger partial charge on any atom is -0.493 e. The summed E-state index contributed by atoms with van der Waals surface area (Å²) in [5.41, 5.74) is 1.36. The van der Waals surface area contributed by atoms with Crippen LogP contribution in [0.4, 0.5) is 5.69 Å². The molecule has 0 spiro atoms. The first-order valence-corrected chi connectivity index (χ1v) is 8.42. The Morgan fingerprint density at radius 3 is 2.73 bits per heavy atom. The van der Waals surface area contributed by atoms with Crippen molar-refractivity contribution in [3.8, 4) is 5.75 Å². The van der Waals surface area contributed by atoms with E-state index in [1.807, 2.05) is 12.3 Å². The first-order valence-electron chi connectivity index (χ1n) is 7.03. The zero-order valence-corrected chi connectivity index (χ0v) is 14.0. The molecule has 122 valence electrons. The van der Waals surface area contributed by atoms with Crippen molar-refractivity contribution in [3.63, 3.8) is 0 Å². The molecule has 0 radical (unpaired) electrons. The Bertz CT molecular complexity index is 507. The Hall–Kier alpha value is -1.76. The van der Waals surface area contributed by atoms with E-state index < -0.39 is 0 Å². The molecular formula is C15H22NO5S+. The zero-order valence-electron chi connectivity index (χ0n) is 13.2. The van der Waals surface area contributed by atoms with Gasteiger partial charge in [0.2, 0.25) is 0 Å². The molecule has 0 amide bonds. The summed E-state index contributed by atoms with van der Waals surface area (Å²) in [6.45, 7) is 2.54. The van der Waals surface area contributed by atoms with Crippen LogP contribution in [-0.2, 0) is 20.1 Å². The maximum absolute atomic E-state index is 11.6. The van der Waals surface area contributed by atoms with Gasteiger partial charge < -0.3 is 9.47 Å². The van der Waals surface area contributed by atoms with E-state index in [9.17, 15) is 9.70 Å². The molecule has 0 aliphatic carbocycles. The van der Waals surface area contributed by atoms with E-state index in [0.717, 1.165) is 11.3 Å². The Morgan fingerprint density at radius 2 is 2.09 bits per heavy atom. The molecule has 7 heteroatoms. The predicted octanol–water partition coefficient (Wildman–Crippen LogP) is 3.24. The van der Waals surface area contributed by atoms with E-state index in [1.165, 1.54) is 7.11 Å². The fraction of sp³-hybridized carbons (Fsp3) is 0.533. The first-order chi connectivity index (χ1) is 10.6. The van der Waals surface area contributed by atoms with E-state index in [4.69, 9.17) is 9.47 Å². The van der Waals surface area contributed by atoms with Crippen molar-refractivity contribution in [1.82, 2.24) is 0 Å². The highest BCUT2D eigenvalue weighted by molar-refractivity contribution is 7.97. The maximum atomic E-state index is 11.6. The lowest BCUT2D eigenvalue weighted by atomic mass is 10.2. The molecule has 0 aromatic heterocycles. The average Bonchev–Trinajstić information content (AvgIpc) is 2.51. The predicted molar refractivity (Wildman–Crippen MR) is 85.3 cm³/mol. The van der Waals surface area contributed by atoms with Crippen LogP contribution in [0, 0.1) is 4.91 Å². The molecule has 1 aromatic carbocycles. The second kappa shape index (κ2) is 10.0. The Kier molecular flexibility index (Phi) is 8.35. The molecule has 0 bridgehead atoms. The Balaban J connectivity index is 2.62. The van der Waals surface area contributed by atoms with Gasteiger partial charge in [0.25, 0.3) is 4.92 Å². The molecule has 0 heterocycles. The van der Waals surface area contributed by atoms with Gasteiger partial charge in [-0.05, 0) is 31.2 Å². The number of thioether (sulfide) groups is 1. The summed E-state index contributed by atoms with van der Waals surface area (Å²) in [6, 6.07) is 5.26. The fourth-order valence-electron chi connectivity index (χ4n) is 1.83. The minimum atomic E-state index is -0.229. The van der Waals surface area contributed by atoms with Crippen molar-refractivity contribution < 1.29 is 24.0 Å². The number of ether oxygens (including phenoxy) is 2. The normalized spacial score (nSPS) is 10.1. The highest BCUT2D eigenvalue weighted by atomic mass is 32.2. The second-order valence-corrected chi connectivity index (χ2v) is 5.33. The van der Waals surface area contributed by atoms with Gasteiger partial charge in [-0.15, -0.1) is 0 Å². The van der Waals surface area contributed by atoms with Crippen LogP contribution in [-0.4, -0.2) is 37.5 Å². The van der Waals surface area contributed by atoms with Crippen molar-refractivity contribution >= 4 is 23.4 Å². The first kappa shape index (κ1) is 18.3. The summed E-state index contributed by atoms with van der Waals surface area (Å²) in [6.07, 6.45) is 2.86. The lowest BCUT2D eigenvalue weighted by molar-refractivity contribution is -0.736. The van der Waals surface area contributed by atoms with Crippen LogP contribution in [0.5, 0.6) is 5.75 Å². The fourth-order valence-corrected chi connectivity index (χ4v) is 2.33. The van der Waals surface area contributed by atoms with E-state index >= 15 is 0 Å². The van der Waals surface area contributed by atoms with Crippen molar-refractivity contribution in [1.29, 1.82) is 0 Å². The van der Waals surface area contributed by atoms with Gasteiger partial charge in [-0.3, -0.25) is 4.79 Å². The van der Waals surface area contributed by atoms with E-state index in [1.54, 1.807) is 30.8 Å². The summed E-state index contributed by atoms with van der Waals surface area (Å²) in [7, 11) is 1.31. The van der Waals surface area contributed by atoms with Gasteiger partial charge in [-0.2, -0.15) is 11.8 Å². The van der Waals surface area contributed by atoms with Crippen molar-refractivity contribution in [2.24, 2.45) is 0 Å². The summed E-state index contributed by atoms with van der Waals surface area (Å²) in [5.74, 6) is 1.13. The van der Waals surface area contributed by atoms with Crippen molar-refractivity contribution in [3.05, 3.63) is 28.7 Å². The summed E-state index contributed by atoms with van der Waals surface area (Å²) >= 11 is 1.65. The zero-order chi connectivity index (χ0) is 16.4. The molecule has 22 heavy (non-hydrogen) atoms. The van der Waals surface area contributed by atoms with Gasteiger partial charge in [-0.1, -0.05) is 0 Å². The summed E-state index contributed by atoms with van der Waals surface area (Å²) < 4.78 is 10.5. The molecular weight excluding hydrogens is 306 g/mol. The van der Waals surface area contributed by atoms with Crippen LogP contribution in [0.15, 0.2) is 18.2 Å². The number of esters is 1. The Labute approximate surface area is 134 Å². The largest absolute Gasteiger partial charge is 0.493 e. The molecule has 0 aliphatic heterocycles. The third kappa shape index (κ3) is 6.34. The number of nitrogens with zero attached hydrogens (tertiary/aromatic N) is 1. The van der Waals surface area contributed by atoms with Gasteiger partial charge in [0.1, 0.15) is 5.75 Å². The quantitative estimate of drug-likeness (QED) is 0.373. The topological polar surface area (TPSA) is 64.8 Å². The lowest BCUT2D eigenvalue weighted by Crippen LogP contribution is -2.07. The number of carbonyl (C=O) groups is 1. The van der Waals surface area contributed by atoms with E-state index in [0.29, 0.717) is 42.4 Å². The molecule has 0 saturated carbocycles. The summed E-state index contributed by atoms with van der Waals surface area (Å²) in [4.78, 5) is 27.9. The molecule has 0 saturated heterocycles. The number of carbonyl (C=O) groups excluding carboxylic acids is 1. The van der Waals surface area contributed by atoms with Gasteiger partial charge in [0.05, 0.1) is 24.2 Å². The van der Waals surface area contributed by atoms with Crippen LogP contribution >= 0.6 is 11.8 Å². The summed E-state index contributed by atoms with van der Waals surface area (Å²) in [5, 5.41) is 0. The number of rotatable bonds is 10. The van der Waals surface area contributed by atoms with Crippen molar-refractivity contribution in [2.45, 2.75) is 25.5 Å². The molecule has 1 aromatic rings. The van der Waals surface area contributed by atoms with Gasteiger partial charge in [0.15, 0.2) is 7.11 Å². The molecule has 0 fully saturated rings. The monoisotopic (exact) mass is 328 g/mol. The third-order valence-corrected chi connectivity index (χ3v) is 3.36. The Morgan fingerprint density at radius 1 is 1.32 bits per heavy atom. The minimum absolute atomic E-state index is 0.229. The maximum Gasteiger partial charge on any atom is 0.320 e. The average molecular weight is 328 g/mol. The number of hydrogen-bond acceptors (Lipinski definition) is 6. The van der Waals surface area contributed by atoms with E-state index in [-0.39, 0.29) is 5.97 Å². The molecule has 0 atom stereocenters. The smallest absolute Gasteiger partial charge is 0.320 e. The van der Waals surface area contributed by atoms with Crippen LogP contribution in [0.1, 0.15) is 25.3 Å². The van der Waals surface area contributed by atoms with Gasteiger partial charge in [0, 0.05) is 18.2 Å². The molecule has 0 N–H and O–H groups in total. The van der Waals surface area contributed by atoms with Crippen molar-refractivity contribution in [2.75, 3.05) is 26.6 Å². The van der Waals surface area contributed by atoms with Gasteiger partial charge in [-0.25, -0.2) is 4.84 Å². The lowest BCUT2D eigenvalue weighted by Gasteiger charge is -2.07. The molecule has 6 nitrogen and oxygen atoms in total. The van der Waals surface area contributed by atoms with Gasteiger partial charge >= 0.3 is 11.7 Å². The second-order valence-electron chi connectivity index (χ2n) is 4.46. The van der Waals surface area contributed by atoms with Crippen LogP contribution in [0.25, 0.3) is 0 Å². The standard InChI is InChI=1S/C15H22NO5S/c1-4-20-15(17)6-5-7-21-14-9-12(11-22-3)8-13(10-14)16(18)19-2/h8-10H,4-7,11H2,1-3H3/q+1. The third-order valence-electron chi connectivity index (χ3n) is 2.74. The molecule has 1 rings (SSSR count). The number of benzene rings is 1. The molecule has 0 aliphatic rings. The highest BCUT2D eigenvalue weighted by Crippen LogP contribution is 2.25. The SMILES string of the molecule is CCOC(=O)CCCOc1cc(CSC)cc([N+](=O)OC)c1.